The van der Waals surface area contributed by atoms with Crippen LogP contribution in [-0.2, 0) is 14.3 Å². The Bertz CT molecular complexity index is 344. The van der Waals surface area contributed by atoms with Crippen LogP contribution in [0.15, 0.2) is 0 Å². The molecule has 0 aliphatic carbocycles. The van der Waals surface area contributed by atoms with Crippen LogP contribution in [0.3, 0.4) is 0 Å². The van der Waals surface area contributed by atoms with Crippen LogP contribution in [0.1, 0.15) is 117 Å². The Morgan fingerprint density at radius 1 is 0.630 bits per heavy atom. The number of rotatable bonds is 19. The summed E-state index contributed by atoms with van der Waals surface area (Å²) in [5.74, 6) is -0.114. The second-order valence-corrected chi connectivity index (χ2v) is 7.64. The summed E-state index contributed by atoms with van der Waals surface area (Å²) in [4.78, 5) is 26.4. The second-order valence-electron chi connectivity index (χ2n) is 7.64. The van der Waals surface area contributed by atoms with Crippen molar-refractivity contribution in [3.8, 4) is 0 Å². The van der Waals surface area contributed by atoms with Crippen LogP contribution in [0.2, 0.25) is 0 Å². The first kappa shape index (κ1) is 25.9. The summed E-state index contributed by atoms with van der Waals surface area (Å²) in [5, 5.41) is 0. The van der Waals surface area contributed by atoms with Crippen molar-refractivity contribution in [1.82, 2.24) is 4.90 Å². The molecule has 0 spiro atoms. The van der Waals surface area contributed by atoms with Gasteiger partial charge in [-0.3, -0.25) is 9.59 Å². The summed E-state index contributed by atoms with van der Waals surface area (Å²) in [5.41, 5.74) is 0. The van der Waals surface area contributed by atoms with Crippen molar-refractivity contribution in [1.29, 1.82) is 0 Å². The summed E-state index contributed by atoms with van der Waals surface area (Å²) >= 11 is 0. The number of ether oxygens (including phenoxy) is 1. The van der Waals surface area contributed by atoms with Gasteiger partial charge >= 0.3 is 5.97 Å². The van der Waals surface area contributed by atoms with Gasteiger partial charge in [0.05, 0.1) is 13.0 Å². The second kappa shape index (κ2) is 19.7. The van der Waals surface area contributed by atoms with Gasteiger partial charge in [0.15, 0.2) is 0 Å². The Kier molecular flexibility index (Phi) is 18.9. The van der Waals surface area contributed by atoms with Crippen LogP contribution in [0, 0.1) is 0 Å². The summed E-state index contributed by atoms with van der Waals surface area (Å²) in [6.45, 7) is 8.71. The van der Waals surface area contributed by atoms with Gasteiger partial charge in [0.1, 0.15) is 0 Å². The van der Waals surface area contributed by atoms with Gasteiger partial charge in [-0.25, -0.2) is 0 Å². The summed E-state index contributed by atoms with van der Waals surface area (Å²) in [7, 11) is 0. The number of carbonyl (C=O) groups is 2. The molecule has 0 saturated carbocycles. The first-order valence-electron chi connectivity index (χ1n) is 11.6. The fraction of sp³-hybridized carbons (Fsp3) is 0.913. The van der Waals surface area contributed by atoms with Gasteiger partial charge in [-0.15, -0.1) is 0 Å². The van der Waals surface area contributed by atoms with E-state index in [1.807, 2.05) is 4.90 Å². The lowest BCUT2D eigenvalue weighted by molar-refractivity contribution is -0.146. The predicted molar refractivity (Wildman–Crippen MR) is 114 cm³/mol. The van der Waals surface area contributed by atoms with Gasteiger partial charge < -0.3 is 9.64 Å². The highest BCUT2D eigenvalue weighted by Crippen LogP contribution is 2.10. The zero-order valence-electron chi connectivity index (χ0n) is 18.4. The van der Waals surface area contributed by atoms with Crippen molar-refractivity contribution in [2.24, 2.45) is 0 Å². The highest BCUT2D eigenvalue weighted by molar-refractivity contribution is 5.81. The van der Waals surface area contributed by atoms with E-state index in [2.05, 4.69) is 20.8 Å². The quantitative estimate of drug-likeness (QED) is 0.195. The molecule has 0 N–H and O–H groups in total. The highest BCUT2D eigenvalue weighted by Gasteiger charge is 2.15. The van der Waals surface area contributed by atoms with E-state index in [0.29, 0.717) is 6.61 Å². The summed E-state index contributed by atoms with van der Waals surface area (Å²) < 4.78 is 5.22. The largest absolute Gasteiger partial charge is 0.466 e. The number of nitrogens with zero attached hydrogens (tertiary/aromatic N) is 1. The van der Waals surface area contributed by atoms with Crippen molar-refractivity contribution in [3.63, 3.8) is 0 Å². The summed E-state index contributed by atoms with van der Waals surface area (Å²) in [6.07, 6.45) is 15.6. The molecule has 0 rings (SSSR count). The molecule has 0 aromatic heterocycles. The molecule has 0 heterocycles. The molecule has 4 heteroatoms. The monoisotopic (exact) mass is 383 g/mol. The summed E-state index contributed by atoms with van der Waals surface area (Å²) in [6, 6.07) is 0. The standard InChI is InChI=1S/C23H45NO3/c1-4-7-10-12-14-19-24(20-15-13-11-8-5-2)22(25)17-18-23(26)27-21-16-9-6-3/h4-21H2,1-3H3. The molecule has 0 atom stereocenters. The van der Waals surface area contributed by atoms with Gasteiger partial charge in [-0.05, 0) is 19.3 Å². The molecule has 0 saturated heterocycles. The molecule has 0 aliphatic heterocycles. The smallest absolute Gasteiger partial charge is 0.306 e. The molecule has 0 aromatic rings. The lowest BCUT2D eigenvalue weighted by atomic mass is 10.1. The van der Waals surface area contributed by atoms with E-state index in [1.165, 1.54) is 51.4 Å². The molecule has 1 amide bonds. The molecule has 0 aromatic carbocycles. The molecular formula is C23H45NO3. The Balaban J connectivity index is 4.17. The van der Waals surface area contributed by atoms with Crippen molar-refractivity contribution in [3.05, 3.63) is 0 Å². The molecule has 0 unspecified atom stereocenters. The van der Waals surface area contributed by atoms with Crippen LogP contribution >= 0.6 is 0 Å². The van der Waals surface area contributed by atoms with Crippen molar-refractivity contribution < 1.29 is 14.3 Å². The van der Waals surface area contributed by atoms with Gasteiger partial charge in [0.2, 0.25) is 5.91 Å². The zero-order chi connectivity index (χ0) is 20.2. The third-order valence-electron chi connectivity index (χ3n) is 4.97. The third kappa shape index (κ3) is 16.8. The molecule has 4 nitrogen and oxygen atoms in total. The maximum absolute atomic E-state index is 12.6. The van der Waals surface area contributed by atoms with Gasteiger partial charge in [0, 0.05) is 19.5 Å². The molecule has 0 radical (unpaired) electrons. The number of unbranched alkanes of at least 4 members (excludes halogenated alkanes) is 10. The molecule has 0 aliphatic rings. The van der Waals surface area contributed by atoms with E-state index in [9.17, 15) is 9.59 Å². The average molecular weight is 384 g/mol. The third-order valence-corrected chi connectivity index (χ3v) is 4.97. The van der Waals surface area contributed by atoms with Crippen LogP contribution in [0.4, 0.5) is 0 Å². The van der Waals surface area contributed by atoms with E-state index in [0.717, 1.165) is 45.2 Å². The van der Waals surface area contributed by atoms with Crippen molar-refractivity contribution in [2.75, 3.05) is 19.7 Å². The Morgan fingerprint density at radius 2 is 1.11 bits per heavy atom. The zero-order valence-corrected chi connectivity index (χ0v) is 18.4. The van der Waals surface area contributed by atoms with Crippen LogP contribution < -0.4 is 0 Å². The van der Waals surface area contributed by atoms with E-state index in [1.54, 1.807) is 0 Å². The van der Waals surface area contributed by atoms with E-state index in [-0.39, 0.29) is 24.7 Å². The lowest BCUT2D eigenvalue weighted by Gasteiger charge is -2.23. The van der Waals surface area contributed by atoms with Gasteiger partial charge in [0.25, 0.3) is 0 Å². The lowest BCUT2D eigenvalue weighted by Crippen LogP contribution is -2.33. The average Bonchev–Trinajstić information content (AvgIpc) is 2.67. The first-order valence-corrected chi connectivity index (χ1v) is 11.6. The van der Waals surface area contributed by atoms with Crippen molar-refractivity contribution in [2.45, 2.75) is 117 Å². The first-order chi connectivity index (χ1) is 13.2. The van der Waals surface area contributed by atoms with Crippen LogP contribution in [0.25, 0.3) is 0 Å². The molecule has 160 valence electrons. The minimum absolute atomic E-state index is 0.117. The van der Waals surface area contributed by atoms with Gasteiger partial charge in [-0.1, -0.05) is 85.0 Å². The maximum Gasteiger partial charge on any atom is 0.306 e. The number of hydrogen-bond acceptors (Lipinski definition) is 3. The predicted octanol–water partition coefficient (Wildman–Crippen LogP) is 6.27. The van der Waals surface area contributed by atoms with Crippen molar-refractivity contribution >= 4 is 11.9 Å². The minimum Gasteiger partial charge on any atom is -0.466 e. The van der Waals surface area contributed by atoms with Crippen LogP contribution in [0.5, 0.6) is 0 Å². The molecule has 0 bridgehead atoms. The minimum atomic E-state index is -0.231. The number of esters is 1. The van der Waals surface area contributed by atoms with E-state index >= 15 is 0 Å². The van der Waals surface area contributed by atoms with E-state index in [4.69, 9.17) is 4.74 Å². The maximum atomic E-state index is 12.6. The normalized spacial score (nSPS) is 10.8. The fourth-order valence-corrected chi connectivity index (χ4v) is 3.15. The SMILES string of the molecule is CCCCCCCN(CCCCCCC)C(=O)CCC(=O)OCCCCC. The Morgan fingerprint density at radius 3 is 1.63 bits per heavy atom. The van der Waals surface area contributed by atoms with E-state index < -0.39 is 0 Å². The number of hydrogen-bond donors (Lipinski definition) is 0. The topological polar surface area (TPSA) is 46.6 Å². The number of carbonyl (C=O) groups excluding carboxylic acids is 2. The molecular weight excluding hydrogens is 338 g/mol. The molecule has 0 fully saturated rings. The number of amides is 1. The highest BCUT2D eigenvalue weighted by atomic mass is 16.5. The Labute approximate surface area is 168 Å². The fourth-order valence-electron chi connectivity index (χ4n) is 3.15. The molecule has 27 heavy (non-hydrogen) atoms. The Hall–Kier alpha value is -1.06. The van der Waals surface area contributed by atoms with Gasteiger partial charge in [-0.2, -0.15) is 0 Å². The van der Waals surface area contributed by atoms with Crippen LogP contribution in [-0.4, -0.2) is 36.5 Å².